The lowest BCUT2D eigenvalue weighted by atomic mass is 10.1. The number of hydrogen-bond donors (Lipinski definition) is 1. The van der Waals surface area contributed by atoms with Crippen molar-refractivity contribution in [1.82, 2.24) is 0 Å². The van der Waals surface area contributed by atoms with Gasteiger partial charge in [-0.3, -0.25) is 4.79 Å². The van der Waals surface area contributed by atoms with E-state index in [4.69, 9.17) is 9.94 Å². The maximum absolute atomic E-state index is 13.6. The van der Waals surface area contributed by atoms with Gasteiger partial charge in [-0.05, 0) is 31.5 Å². The van der Waals surface area contributed by atoms with E-state index in [1.807, 2.05) is 0 Å². The van der Waals surface area contributed by atoms with Crippen LogP contribution in [0.15, 0.2) is 23.4 Å². The van der Waals surface area contributed by atoms with E-state index in [0.717, 1.165) is 0 Å². The second-order valence-electron chi connectivity index (χ2n) is 3.48. The molecule has 0 bridgehead atoms. The van der Waals surface area contributed by atoms with E-state index < -0.39 is 11.8 Å². The van der Waals surface area contributed by atoms with Gasteiger partial charge in [0.1, 0.15) is 5.82 Å². The molecule has 0 radical (unpaired) electrons. The van der Waals surface area contributed by atoms with E-state index in [9.17, 15) is 9.18 Å². The van der Waals surface area contributed by atoms with Crippen LogP contribution in [0, 0.1) is 5.82 Å². The maximum Gasteiger partial charge on any atom is 0.310 e. The van der Waals surface area contributed by atoms with E-state index in [1.54, 1.807) is 13.0 Å². The molecule has 1 aromatic carbocycles. The van der Waals surface area contributed by atoms with Crippen molar-refractivity contribution in [1.29, 1.82) is 0 Å². The highest BCUT2D eigenvalue weighted by molar-refractivity contribution is 5.98. The van der Waals surface area contributed by atoms with Crippen molar-refractivity contribution in [2.75, 3.05) is 6.61 Å². The number of rotatable bonds is 4. The van der Waals surface area contributed by atoms with Crippen molar-refractivity contribution >= 4 is 11.7 Å². The molecule has 0 atom stereocenters. The molecule has 0 aromatic heterocycles. The molecule has 0 unspecified atom stereocenters. The minimum atomic E-state index is -0.526. The Morgan fingerprint density at radius 3 is 2.76 bits per heavy atom. The molecular weight excluding hydrogens is 225 g/mol. The molecule has 1 N–H and O–H groups in total. The predicted molar refractivity (Wildman–Crippen MR) is 60.7 cm³/mol. The van der Waals surface area contributed by atoms with Crippen LogP contribution in [0.25, 0.3) is 0 Å². The van der Waals surface area contributed by atoms with Crippen molar-refractivity contribution < 1.29 is 19.1 Å². The fourth-order valence-corrected chi connectivity index (χ4v) is 1.39. The van der Waals surface area contributed by atoms with Gasteiger partial charge in [0.2, 0.25) is 0 Å². The lowest BCUT2D eigenvalue weighted by Crippen LogP contribution is -2.08. The zero-order valence-electron chi connectivity index (χ0n) is 9.74. The largest absolute Gasteiger partial charge is 0.466 e. The number of esters is 1. The molecule has 0 aliphatic heterocycles. The molecule has 17 heavy (non-hydrogen) atoms. The van der Waals surface area contributed by atoms with Gasteiger partial charge in [-0.2, -0.15) is 0 Å². The van der Waals surface area contributed by atoms with Gasteiger partial charge < -0.3 is 9.94 Å². The van der Waals surface area contributed by atoms with Gasteiger partial charge in [0.25, 0.3) is 0 Å². The van der Waals surface area contributed by atoms with Gasteiger partial charge in [-0.15, -0.1) is 0 Å². The van der Waals surface area contributed by atoms with Gasteiger partial charge in [0, 0.05) is 5.56 Å². The number of ether oxygens (including phenoxy) is 1. The third-order valence-electron chi connectivity index (χ3n) is 2.23. The Kier molecular flexibility index (Phi) is 4.63. The molecule has 0 saturated heterocycles. The first-order valence-electron chi connectivity index (χ1n) is 5.21. The molecular formula is C12H14FNO3. The van der Waals surface area contributed by atoms with Crippen molar-refractivity contribution in [3.63, 3.8) is 0 Å². The lowest BCUT2D eigenvalue weighted by molar-refractivity contribution is -0.142. The second-order valence-corrected chi connectivity index (χ2v) is 3.48. The number of carbonyl (C=O) groups is 1. The van der Waals surface area contributed by atoms with Gasteiger partial charge in [-0.25, -0.2) is 4.39 Å². The molecule has 0 heterocycles. The summed E-state index contributed by atoms with van der Waals surface area (Å²) in [6, 6.07) is 4.31. The number of carbonyl (C=O) groups excluding carboxylic acids is 1. The summed E-state index contributed by atoms with van der Waals surface area (Å²) in [6.45, 7) is 3.50. The SMILES string of the molecule is CCOC(=O)Cc1ccc(/C(C)=N/O)c(F)c1. The summed E-state index contributed by atoms with van der Waals surface area (Å²) in [5, 5.41) is 11.5. The zero-order valence-corrected chi connectivity index (χ0v) is 9.74. The first-order valence-corrected chi connectivity index (χ1v) is 5.21. The third kappa shape index (κ3) is 3.55. The average Bonchev–Trinajstić information content (AvgIpc) is 2.28. The highest BCUT2D eigenvalue weighted by Crippen LogP contribution is 2.12. The van der Waals surface area contributed by atoms with Gasteiger partial charge in [0.05, 0.1) is 18.7 Å². The highest BCUT2D eigenvalue weighted by Gasteiger charge is 2.09. The van der Waals surface area contributed by atoms with Gasteiger partial charge in [-0.1, -0.05) is 11.2 Å². The summed E-state index contributed by atoms with van der Waals surface area (Å²) >= 11 is 0. The van der Waals surface area contributed by atoms with E-state index in [0.29, 0.717) is 12.2 Å². The Morgan fingerprint density at radius 1 is 1.53 bits per heavy atom. The van der Waals surface area contributed by atoms with E-state index in [1.165, 1.54) is 19.1 Å². The molecule has 92 valence electrons. The minimum Gasteiger partial charge on any atom is -0.466 e. The lowest BCUT2D eigenvalue weighted by Gasteiger charge is -2.05. The monoisotopic (exact) mass is 239 g/mol. The smallest absolute Gasteiger partial charge is 0.310 e. The number of halogens is 1. The van der Waals surface area contributed by atoms with E-state index in [2.05, 4.69) is 5.16 Å². The van der Waals surface area contributed by atoms with Crippen LogP contribution in [-0.2, 0) is 16.0 Å². The predicted octanol–water partition coefficient (Wildman–Crippen LogP) is 2.13. The molecule has 1 aromatic rings. The number of hydrogen-bond acceptors (Lipinski definition) is 4. The first kappa shape index (κ1) is 13.2. The van der Waals surface area contributed by atoms with Crippen molar-refractivity contribution in [3.05, 3.63) is 35.1 Å². The number of benzene rings is 1. The third-order valence-corrected chi connectivity index (χ3v) is 2.23. The summed E-state index contributed by atoms with van der Waals surface area (Å²) in [6.07, 6.45) is 0.0281. The summed E-state index contributed by atoms with van der Waals surface area (Å²) in [5.74, 6) is -0.922. The van der Waals surface area contributed by atoms with E-state index in [-0.39, 0.29) is 17.7 Å². The quantitative estimate of drug-likeness (QED) is 0.379. The maximum atomic E-state index is 13.6. The molecule has 0 saturated carbocycles. The summed E-state index contributed by atoms with van der Waals surface area (Å²) in [7, 11) is 0. The summed E-state index contributed by atoms with van der Waals surface area (Å²) in [5.41, 5.74) is 0.917. The van der Waals surface area contributed by atoms with Crippen LogP contribution >= 0.6 is 0 Å². The summed E-state index contributed by atoms with van der Waals surface area (Å²) < 4.78 is 18.3. The Labute approximate surface area is 98.7 Å². The molecule has 0 aliphatic rings. The van der Waals surface area contributed by atoms with Crippen molar-refractivity contribution in [2.24, 2.45) is 5.16 Å². The highest BCUT2D eigenvalue weighted by atomic mass is 19.1. The molecule has 1 rings (SSSR count). The topological polar surface area (TPSA) is 58.9 Å². The number of oxime groups is 1. The standard InChI is InChI=1S/C12H14FNO3/c1-3-17-12(15)7-9-4-5-10(8(2)14-16)11(13)6-9/h4-6,16H,3,7H2,1-2H3/b14-8+. The Hall–Kier alpha value is -1.91. The Bertz CT molecular complexity index is 443. The fraction of sp³-hybridized carbons (Fsp3) is 0.333. The Morgan fingerprint density at radius 2 is 2.24 bits per heavy atom. The molecule has 4 nitrogen and oxygen atoms in total. The van der Waals surface area contributed by atoms with Crippen LogP contribution in [0.2, 0.25) is 0 Å². The van der Waals surface area contributed by atoms with Crippen LogP contribution in [0.1, 0.15) is 25.0 Å². The Balaban J connectivity index is 2.86. The average molecular weight is 239 g/mol. The first-order chi connectivity index (χ1) is 8.08. The van der Waals surface area contributed by atoms with Crippen LogP contribution in [-0.4, -0.2) is 23.5 Å². The van der Waals surface area contributed by atoms with Crippen LogP contribution in [0.4, 0.5) is 4.39 Å². The van der Waals surface area contributed by atoms with Gasteiger partial charge in [0.15, 0.2) is 0 Å². The van der Waals surface area contributed by atoms with Crippen LogP contribution in [0.3, 0.4) is 0 Å². The number of nitrogens with zero attached hydrogens (tertiary/aromatic N) is 1. The normalized spacial score (nSPS) is 11.4. The fourth-order valence-electron chi connectivity index (χ4n) is 1.39. The van der Waals surface area contributed by atoms with E-state index >= 15 is 0 Å². The van der Waals surface area contributed by atoms with Crippen LogP contribution < -0.4 is 0 Å². The van der Waals surface area contributed by atoms with Crippen molar-refractivity contribution in [2.45, 2.75) is 20.3 Å². The molecule has 0 spiro atoms. The summed E-state index contributed by atoms with van der Waals surface area (Å²) in [4.78, 5) is 11.2. The van der Waals surface area contributed by atoms with Crippen LogP contribution in [0.5, 0.6) is 0 Å². The molecule has 0 amide bonds. The zero-order chi connectivity index (χ0) is 12.8. The second kappa shape index (κ2) is 5.98. The minimum absolute atomic E-state index is 0.0281. The molecule has 5 heteroatoms. The molecule has 0 aliphatic carbocycles. The van der Waals surface area contributed by atoms with Crippen molar-refractivity contribution in [3.8, 4) is 0 Å². The van der Waals surface area contributed by atoms with Gasteiger partial charge >= 0.3 is 5.97 Å². The molecule has 0 fully saturated rings.